The van der Waals surface area contributed by atoms with Crippen molar-refractivity contribution in [2.24, 2.45) is 0 Å². The molecule has 0 spiro atoms. The average Bonchev–Trinajstić information content (AvgIpc) is 2.75. The van der Waals surface area contributed by atoms with Crippen LogP contribution in [0.3, 0.4) is 0 Å². The van der Waals surface area contributed by atoms with Crippen molar-refractivity contribution in [3.05, 3.63) is 40.6 Å². The average molecular weight is 219 g/mol. The quantitative estimate of drug-likeness (QED) is 0.338. The van der Waals surface area contributed by atoms with E-state index in [4.69, 9.17) is 10.00 Å². The topological polar surface area (TPSA) is 50.1 Å². The molecule has 1 rings (SSSR count). The van der Waals surface area contributed by atoms with E-state index in [1.54, 1.807) is 0 Å². The summed E-state index contributed by atoms with van der Waals surface area (Å²) in [6, 6.07) is 5.48. The molecule has 1 heterocycles. The van der Waals surface area contributed by atoms with Crippen LogP contribution in [-0.4, -0.2) is 12.6 Å². The zero-order valence-electron chi connectivity index (χ0n) is 7.97. The number of rotatable bonds is 4. The smallest absolute Gasteiger partial charge is 0.349 e. The minimum absolute atomic E-state index is 0.000648. The zero-order chi connectivity index (χ0) is 11.1. The third kappa shape index (κ3) is 3.41. The Bertz CT molecular complexity index is 412. The lowest BCUT2D eigenvalue weighted by molar-refractivity contribution is -0.137. The fourth-order valence-electron chi connectivity index (χ4n) is 0.865. The molecule has 0 N–H and O–H groups in total. The van der Waals surface area contributed by atoms with Crippen LogP contribution < -0.4 is 0 Å². The minimum Gasteiger partial charge on any atom is -0.457 e. The first kappa shape index (κ1) is 11.2. The SMILES string of the molecule is C=CCOC(=O)/C(C#N)=C\c1cccs1. The van der Waals surface area contributed by atoms with Gasteiger partial charge in [-0.2, -0.15) is 5.26 Å². The highest BCUT2D eigenvalue weighted by Gasteiger charge is 2.09. The maximum Gasteiger partial charge on any atom is 0.349 e. The summed E-state index contributed by atoms with van der Waals surface area (Å²) in [6.45, 7) is 3.53. The normalized spacial score (nSPS) is 10.5. The third-order valence-electron chi connectivity index (χ3n) is 1.50. The summed E-state index contributed by atoms with van der Waals surface area (Å²) < 4.78 is 4.75. The Balaban J connectivity index is 2.76. The van der Waals surface area contributed by atoms with E-state index in [9.17, 15) is 4.79 Å². The highest BCUT2D eigenvalue weighted by Crippen LogP contribution is 2.13. The Kier molecular flexibility index (Phi) is 4.32. The number of thiophene rings is 1. The fraction of sp³-hybridized carbons (Fsp3) is 0.0909. The maximum absolute atomic E-state index is 11.3. The van der Waals surface area contributed by atoms with Gasteiger partial charge in [-0.05, 0) is 17.5 Å². The van der Waals surface area contributed by atoms with Crippen LogP contribution in [0.5, 0.6) is 0 Å². The van der Waals surface area contributed by atoms with E-state index < -0.39 is 5.97 Å². The number of hydrogen-bond donors (Lipinski definition) is 0. The van der Waals surface area contributed by atoms with Crippen LogP contribution in [0.4, 0.5) is 0 Å². The summed E-state index contributed by atoms with van der Waals surface area (Å²) in [7, 11) is 0. The molecule has 4 heteroatoms. The molecule has 0 saturated carbocycles. The van der Waals surface area contributed by atoms with E-state index in [1.807, 2.05) is 23.6 Å². The van der Waals surface area contributed by atoms with Crippen molar-refractivity contribution in [3.63, 3.8) is 0 Å². The number of carbonyl (C=O) groups is 1. The first-order valence-corrected chi connectivity index (χ1v) is 5.09. The number of esters is 1. The van der Waals surface area contributed by atoms with Crippen molar-refractivity contribution < 1.29 is 9.53 Å². The van der Waals surface area contributed by atoms with Gasteiger partial charge in [0.1, 0.15) is 18.2 Å². The number of nitriles is 1. The summed E-state index contributed by atoms with van der Waals surface area (Å²) in [4.78, 5) is 12.2. The summed E-state index contributed by atoms with van der Waals surface area (Å²) in [5.74, 6) is -0.620. The second-order valence-corrected chi connectivity index (χ2v) is 3.55. The molecule has 1 aromatic heterocycles. The molecule has 0 fully saturated rings. The Morgan fingerprint density at radius 1 is 1.73 bits per heavy atom. The summed E-state index contributed by atoms with van der Waals surface area (Å²) in [5, 5.41) is 10.6. The van der Waals surface area contributed by atoms with Gasteiger partial charge in [-0.25, -0.2) is 4.79 Å². The van der Waals surface area contributed by atoms with E-state index in [-0.39, 0.29) is 12.2 Å². The van der Waals surface area contributed by atoms with Crippen LogP contribution >= 0.6 is 11.3 Å². The van der Waals surface area contributed by atoms with Gasteiger partial charge < -0.3 is 4.74 Å². The molecule has 0 aliphatic rings. The Labute approximate surface area is 91.9 Å². The molecule has 0 aliphatic heterocycles. The highest BCUT2D eigenvalue weighted by molar-refractivity contribution is 7.10. The van der Waals surface area contributed by atoms with Gasteiger partial charge in [0.2, 0.25) is 0 Å². The first-order chi connectivity index (χ1) is 7.27. The minimum atomic E-state index is -0.620. The molecule has 15 heavy (non-hydrogen) atoms. The first-order valence-electron chi connectivity index (χ1n) is 4.21. The molecule has 1 aromatic rings. The molecule has 0 aliphatic carbocycles. The molecule has 0 bridgehead atoms. The third-order valence-corrected chi connectivity index (χ3v) is 2.32. The monoisotopic (exact) mass is 219 g/mol. The molecule has 76 valence electrons. The van der Waals surface area contributed by atoms with E-state index in [0.29, 0.717) is 0 Å². The van der Waals surface area contributed by atoms with Gasteiger partial charge in [0, 0.05) is 4.88 Å². The van der Waals surface area contributed by atoms with Crippen molar-refractivity contribution in [1.82, 2.24) is 0 Å². The second kappa shape index (κ2) is 5.78. The molecular weight excluding hydrogens is 210 g/mol. The van der Waals surface area contributed by atoms with Gasteiger partial charge in [0.15, 0.2) is 0 Å². The molecule has 0 radical (unpaired) electrons. The second-order valence-electron chi connectivity index (χ2n) is 2.57. The van der Waals surface area contributed by atoms with Crippen molar-refractivity contribution in [3.8, 4) is 6.07 Å². The Morgan fingerprint density at radius 2 is 2.53 bits per heavy atom. The predicted molar refractivity (Wildman–Crippen MR) is 59.1 cm³/mol. The summed E-state index contributed by atoms with van der Waals surface area (Å²) >= 11 is 1.45. The van der Waals surface area contributed by atoms with Crippen LogP contribution in [0.2, 0.25) is 0 Å². The van der Waals surface area contributed by atoms with Gasteiger partial charge >= 0.3 is 5.97 Å². The van der Waals surface area contributed by atoms with Gasteiger partial charge in [0.05, 0.1) is 0 Å². The van der Waals surface area contributed by atoms with Crippen molar-refractivity contribution in [2.45, 2.75) is 0 Å². The molecule has 0 saturated heterocycles. The molecule has 3 nitrogen and oxygen atoms in total. The molecule has 0 unspecified atom stereocenters. The van der Waals surface area contributed by atoms with Crippen molar-refractivity contribution in [2.75, 3.05) is 6.61 Å². The van der Waals surface area contributed by atoms with Crippen LogP contribution in [0.1, 0.15) is 4.88 Å². The van der Waals surface area contributed by atoms with Crippen LogP contribution in [0.15, 0.2) is 35.7 Å². The Hall–Kier alpha value is -1.86. The standard InChI is InChI=1S/C11H9NO2S/c1-2-5-14-11(13)9(8-12)7-10-4-3-6-15-10/h2-4,6-7H,1,5H2/b9-7-. The van der Waals surface area contributed by atoms with Crippen molar-refractivity contribution >= 4 is 23.4 Å². The van der Waals surface area contributed by atoms with Crippen LogP contribution in [0, 0.1) is 11.3 Å². The largest absolute Gasteiger partial charge is 0.457 e. The highest BCUT2D eigenvalue weighted by atomic mass is 32.1. The van der Waals surface area contributed by atoms with E-state index in [2.05, 4.69) is 6.58 Å². The lowest BCUT2D eigenvalue weighted by atomic mass is 10.2. The van der Waals surface area contributed by atoms with Crippen LogP contribution in [-0.2, 0) is 9.53 Å². The lowest BCUT2D eigenvalue weighted by Gasteiger charge is -1.98. The van der Waals surface area contributed by atoms with Gasteiger partial charge in [-0.15, -0.1) is 11.3 Å². The van der Waals surface area contributed by atoms with Crippen molar-refractivity contribution in [1.29, 1.82) is 5.26 Å². The molecular formula is C11H9NO2S. The summed E-state index contributed by atoms with van der Waals surface area (Å²) in [5.41, 5.74) is -0.000648. The van der Waals surface area contributed by atoms with E-state index in [0.717, 1.165) is 4.88 Å². The predicted octanol–water partition coefficient (Wildman–Crippen LogP) is 2.38. The van der Waals surface area contributed by atoms with E-state index in [1.165, 1.54) is 23.5 Å². The number of carbonyl (C=O) groups excluding carboxylic acids is 1. The van der Waals surface area contributed by atoms with Gasteiger partial charge in [-0.1, -0.05) is 18.7 Å². The number of ether oxygens (including phenoxy) is 1. The van der Waals surface area contributed by atoms with Gasteiger partial charge in [-0.3, -0.25) is 0 Å². The lowest BCUT2D eigenvalue weighted by Crippen LogP contribution is -2.06. The van der Waals surface area contributed by atoms with Crippen LogP contribution in [0.25, 0.3) is 6.08 Å². The fourth-order valence-corrected chi connectivity index (χ4v) is 1.52. The number of hydrogen-bond acceptors (Lipinski definition) is 4. The maximum atomic E-state index is 11.3. The summed E-state index contributed by atoms with van der Waals surface area (Å²) in [6.07, 6.45) is 2.97. The zero-order valence-corrected chi connectivity index (χ0v) is 8.79. The molecule has 0 atom stereocenters. The molecule has 0 aromatic carbocycles. The molecule has 0 amide bonds. The van der Waals surface area contributed by atoms with E-state index >= 15 is 0 Å². The Morgan fingerprint density at radius 3 is 3.07 bits per heavy atom. The number of nitrogens with zero attached hydrogens (tertiary/aromatic N) is 1. The van der Waals surface area contributed by atoms with Gasteiger partial charge in [0.25, 0.3) is 0 Å².